The number of ketones is 1. The van der Waals surface area contributed by atoms with Gasteiger partial charge in [0, 0.05) is 15.9 Å². The molecule has 3 aromatic rings. The summed E-state index contributed by atoms with van der Waals surface area (Å²) in [6.07, 6.45) is 1.52. The molecule has 0 bridgehead atoms. The molecule has 0 saturated heterocycles. The lowest BCUT2D eigenvalue weighted by Crippen LogP contribution is -2.09. The summed E-state index contributed by atoms with van der Waals surface area (Å²) < 4.78 is 3.92. The van der Waals surface area contributed by atoms with Crippen molar-refractivity contribution < 1.29 is 4.79 Å². The summed E-state index contributed by atoms with van der Waals surface area (Å²) in [7, 11) is 0. The number of fused-ring (bicyclic) bond motifs is 1. The fourth-order valence-corrected chi connectivity index (χ4v) is 4.10. The van der Waals surface area contributed by atoms with Crippen molar-refractivity contribution >= 4 is 49.5 Å². The summed E-state index contributed by atoms with van der Waals surface area (Å²) in [6, 6.07) is 3.95. The molecule has 0 saturated carbocycles. The number of hydrogen-bond donors (Lipinski definition) is 0. The van der Waals surface area contributed by atoms with Gasteiger partial charge in [0.1, 0.15) is 5.69 Å². The molecule has 0 amide bonds. The van der Waals surface area contributed by atoms with Crippen LogP contribution >= 0.6 is 34.3 Å². The van der Waals surface area contributed by atoms with Gasteiger partial charge in [0.15, 0.2) is 0 Å². The van der Waals surface area contributed by atoms with Crippen molar-refractivity contribution in [2.24, 2.45) is 0 Å². The zero-order chi connectivity index (χ0) is 12.7. The standard InChI is InChI=1S/C12H9ClN2OS2/c1-2-15-11(7(13)6-14-15)12(16)10-5-9-8(18-10)3-4-17-9/h3-6H,2H2,1H3. The molecule has 0 N–H and O–H groups in total. The third kappa shape index (κ3) is 1.79. The van der Waals surface area contributed by atoms with Gasteiger partial charge in [-0.3, -0.25) is 9.48 Å². The number of nitrogens with zero attached hydrogens (tertiary/aromatic N) is 2. The van der Waals surface area contributed by atoms with Crippen LogP contribution in [0.1, 0.15) is 22.3 Å². The fraction of sp³-hybridized carbons (Fsp3) is 0.167. The van der Waals surface area contributed by atoms with Gasteiger partial charge in [-0.2, -0.15) is 5.10 Å². The van der Waals surface area contributed by atoms with Crippen LogP contribution in [-0.2, 0) is 6.54 Å². The van der Waals surface area contributed by atoms with Crippen molar-refractivity contribution in [3.63, 3.8) is 0 Å². The molecule has 3 heterocycles. The third-order valence-corrected chi connectivity index (χ3v) is 5.04. The zero-order valence-electron chi connectivity index (χ0n) is 9.51. The predicted octanol–water partition coefficient (Wildman–Crippen LogP) is 4.06. The van der Waals surface area contributed by atoms with Crippen LogP contribution < -0.4 is 0 Å². The van der Waals surface area contributed by atoms with E-state index in [2.05, 4.69) is 5.10 Å². The first-order valence-corrected chi connectivity index (χ1v) is 7.51. The lowest BCUT2D eigenvalue weighted by atomic mass is 10.2. The minimum absolute atomic E-state index is 0.0484. The first-order valence-electron chi connectivity index (χ1n) is 5.43. The minimum atomic E-state index is -0.0484. The largest absolute Gasteiger partial charge is 0.286 e. The van der Waals surface area contributed by atoms with Gasteiger partial charge < -0.3 is 0 Å². The van der Waals surface area contributed by atoms with E-state index in [0.29, 0.717) is 22.1 Å². The highest BCUT2D eigenvalue weighted by Crippen LogP contribution is 2.32. The Bertz CT molecular complexity index is 697. The van der Waals surface area contributed by atoms with E-state index in [1.54, 1.807) is 16.0 Å². The van der Waals surface area contributed by atoms with Crippen molar-refractivity contribution in [2.75, 3.05) is 0 Å². The Hall–Kier alpha value is -1.17. The van der Waals surface area contributed by atoms with E-state index in [1.165, 1.54) is 17.5 Å². The molecule has 3 nitrogen and oxygen atoms in total. The quantitative estimate of drug-likeness (QED) is 0.683. The predicted molar refractivity (Wildman–Crippen MR) is 76.0 cm³/mol. The molecule has 0 fully saturated rings. The molecule has 18 heavy (non-hydrogen) atoms. The van der Waals surface area contributed by atoms with E-state index < -0.39 is 0 Å². The Labute approximate surface area is 117 Å². The first-order chi connectivity index (χ1) is 8.70. The normalized spacial score (nSPS) is 11.2. The number of carbonyl (C=O) groups excluding carboxylic acids is 1. The van der Waals surface area contributed by atoms with Crippen molar-refractivity contribution in [1.29, 1.82) is 0 Å². The van der Waals surface area contributed by atoms with Gasteiger partial charge in [-0.1, -0.05) is 11.6 Å². The second-order valence-electron chi connectivity index (χ2n) is 3.75. The second kappa shape index (κ2) is 4.50. The Kier molecular flexibility index (Phi) is 2.97. The summed E-state index contributed by atoms with van der Waals surface area (Å²) in [4.78, 5) is 13.2. The zero-order valence-corrected chi connectivity index (χ0v) is 11.9. The van der Waals surface area contributed by atoms with Crippen LogP contribution in [0.3, 0.4) is 0 Å². The number of aromatic nitrogens is 2. The van der Waals surface area contributed by atoms with E-state index in [0.717, 1.165) is 9.40 Å². The average Bonchev–Trinajstić information content (AvgIpc) is 3.00. The molecule has 0 radical (unpaired) electrons. The fourth-order valence-electron chi connectivity index (χ4n) is 1.82. The van der Waals surface area contributed by atoms with Crippen molar-refractivity contribution in [2.45, 2.75) is 13.5 Å². The molecular weight excluding hydrogens is 288 g/mol. The summed E-state index contributed by atoms with van der Waals surface area (Å²) in [5.41, 5.74) is 0.480. The van der Waals surface area contributed by atoms with Crippen LogP contribution in [0.2, 0.25) is 5.02 Å². The van der Waals surface area contributed by atoms with Gasteiger partial charge >= 0.3 is 0 Å². The van der Waals surface area contributed by atoms with E-state index in [1.807, 2.05) is 24.4 Å². The molecule has 0 aliphatic heterocycles. The first kappa shape index (κ1) is 11.9. The van der Waals surface area contributed by atoms with Gasteiger partial charge in [-0.15, -0.1) is 22.7 Å². The molecule has 3 aromatic heterocycles. The van der Waals surface area contributed by atoms with Crippen molar-refractivity contribution in [3.8, 4) is 0 Å². The smallest absolute Gasteiger partial charge is 0.222 e. The number of thiophene rings is 2. The molecule has 0 spiro atoms. The highest BCUT2D eigenvalue weighted by molar-refractivity contribution is 7.28. The van der Waals surface area contributed by atoms with Crippen LogP contribution in [0.25, 0.3) is 9.40 Å². The maximum absolute atomic E-state index is 12.4. The molecule has 0 aliphatic rings. The molecule has 0 atom stereocenters. The third-order valence-electron chi connectivity index (χ3n) is 2.67. The number of rotatable bonds is 3. The molecule has 92 valence electrons. The lowest BCUT2D eigenvalue weighted by molar-refractivity contribution is 0.103. The van der Waals surface area contributed by atoms with E-state index >= 15 is 0 Å². The molecule has 0 aliphatic carbocycles. The van der Waals surface area contributed by atoms with Gasteiger partial charge in [0.2, 0.25) is 5.78 Å². The summed E-state index contributed by atoms with van der Waals surface area (Å²) in [5.74, 6) is -0.0484. The van der Waals surface area contributed by atoms with Crippen LogP contribution in [0.5, 0.6) is 0 Å². The molecule has 0 unspecified atom stereocenters. The second-order valence-corrected chi connectivity index (χ2v) is 6.18. The minimum Gasteiger partial charge on any atom is -0.286 e. The highest BCUT2D eigenvalue weighted by atomic mass is 35.5. The van der Waals surface area contributed by atoms with Gasteiger partial charge in [-0.25, -0.2) is 0 Å². The van der Waals surface area contributed by atoms with Crippen LogP contribution in [0.4, 0.5) is 0 Å². The van der Waals surface area contributed by atoms with E-state index in [-0.39, 0.29) is 5.78 Å². The van der Waals surface area contributed by atoms with Gasteiger partial charge in [-0.05, 0) is 24.4 Å². The molecule has 3 rings (SSSR count). The van der Waals surface area contributed by atoms with Gasteiger partial charge in [0.25, 0.3) is 0 Å². The number of aryl methyl sites for hydroxylation is 1. The van der Waals surface area contributed by atoms with Gasteiger partial charge in [0.05, 0.1) is 16.1 Å². The SMILES string of the molecule is CCn1ncc(Cl)c1C(=O)c1cc2sccc2s1. The highest BCUT2D eigenvalue weighted by Gasteiger charge is 2.20. The Morgan fingerprint density at radius 1 is 1.50 bits per heavy atom. The van der Waals surface area contributed by atoms with Crippen molar-refractivity contribution in [3.05, 3.63) is 39.3 Å². The summed E-state index contributed by atoms with van der Waals surface area (Å²) in [6.45, 7) is 2.57. The maximum Gasteiger partial charge on any atom is 0.222 e. The summed E-state index contributed by atoms with van der Waals surface area (Å²) in [5, 5.41) is 6.54. The molecule has 0 aromatic carbocycles. The average molecular weight is 297 g/mol. The van der Waals surface area contributed by atoms with Crippen LogP contribution in [0, 0.1) is 0 Å². The topological polar surface area (TPSA) is 34.9 Å². The number of halogens is 1. The Morgan fingerprint density at radius 3 is 3.06 bits per heavy atom. The Balaban J connectivity index is 2.08. The number of hydrogen-bond acceptors (Lipinski definition) is 4. The van der Waals surface area contributed by atoms with Crippen LogP contribution in [-0.4, -0.2) is 15.6 Å². The molecule has 6 heteroatoms. The molecular formula is C12H9ClN2OS2. The lowest BCUT2D eigenvalue weighted by Gasteiger charge is -2.02. The Morgan fingerprint density at radius 2 is 2.33 bits per heavy atom. The van der Waals surface area contributed by atoms with Crippen molar-refractivity contribution in [1.82, 2.24) is 9.78 Å². The van der Waals surface area contributed by atoms with E-state index in [9.17, 15) is 4.79 Å². The number of carbonyl (C=O) groups is 1. The summed E-state index contributed by atoms with van der Waals surface area (Å²) >= 11 is 9.18. The monoisotopic (exact) mass is 296 g/mol. The maximum atomic E-state index is 12.4. The van der Waals surface area contributed by atoms with E-state index in [4.69, 9.17) is 11.6 Å². The van der Waals surface area contributed by atoms with Crippen LogP contribution in [0.15, 0.2) is 23.7 Å².